The van der Waals surface area contributed by atoms with Crippen molar-refractivity contribution in [3.63, 3.8) is 0 Å². The van der Waals surface area contributed by atoms with Crippen molar-refractivity contribution in [1.82, 2.24) is 0 Å². The smallest absolute Gasteiger partial charge is 0.468 e. The largest absolute Gasteiger partial charge is 0.582 e. The highest BCUT2D eigenvalue weighted by molar-refractivity contribution is 7.92. The summed E-state index contributed by atoms with van der Waals surface area (Å²) >= 11 is 0. The zero-order valence-corrected chi connectivity index (χ0v) is 21.8. The lowest BCUT2D eigenvalue weighted by molar-refractivity contribution is -0.927. The maximum Gasteiger partial charge on any atom is 0.468 e. The fraction of sp³-hybridized carbons (Fsp3) is 0.231. The minimum absolute atomic E-state index is 0.273. The summed E-state index contributed by atoms with van der Waals surface area (Å²) in [4.78, 5) is 22.7. The summed E-state index contributed by atoms with van der Waals surface area (Å²) in [5, 5.41) is 23.7. The molecule has 0 bridgehead atoms. The number of hydrogen-bond donors (Lipinski definition) is 2. The highest BCUT2D eigenvalue weighted by atomic mass is 32.2. The number of ether oxygens (including phenoxy) is 1. The normalized spacial score (nSPS) is 18.4. The summed E-state index contributed by atoms with van der Waals surface area (Å²) in [6, 6.07) is 12.7. The number of fused-ring (bicyclic) bond motifs is 1. The quantitative estimate of drug-likeness (QED) is 0.276. The Morgan fingerprint density at radius 2 is 1.68 bits per heavy atom. The van der Waals surface area contributed by atoms with Gasteiger partial charge >= 0.3 is 11.9 Å². The molecule has 3 aromatic carbocycles. The van der Waals surface area contributed by atoms with Crippen LogP contribution in [0.3, 0.4) is 0 Å². The number of imide groups is 1. The average molecular weight is 526 g/mol. The molecule has 1 aliphatic heterocycles. The summed E-state index contributed by atoms with van der Waals surface area (Å²) in [6.45, 7) is 5.89. The molecule has 11 heteroatoms. The molecule has 194 valence electrons. The van der Waals surface area contributed by atoms with Crippen molar-refractivity contribution >= 4 is 44.1 Å². The van der Waals surface area contributed by atoms with E-state index in [1.165, 1.54) is 7.11 Å². The van der Waals surface area contributed by atoms with Crippen LogP contribution in [0, 0.1) is 5.21 Å². The van der Waals surface area contributed by atoms with Gasteiger partial charge in [0.25, 0.3) is 0 Å². The molecule has 10 nitrogen and oxygen atoms in total. The van der Waals surface area contributed by atoms with E-state index >= 15 is 0 Å². The van der Waals surface area contributed by atoms with Crippen LogP contribution in [0.15, 0.2) is 60.8 Å². The lowest BCUT2D eigenvalue weighted by Gasteiger charge is -2.34. The molecule has 3 amide bonds. The zero-order chi connectivity index (χ0) is 27.3. The molecule has 1 unspecified atom stereocenters. The Hall–Kier alpha value is -3.77. The second-order valence-electron chi connectivity index (χ2n) is 9.86. The molecule has 0 spiro atoms. The van der Waals surface area contributed by atoms with E-state index in [0.717, 1.165) is 45.3 Å². The lowest BCUT2D eigenvalue weighted by Crippen LogP contribution is -2.56. The van der Waals surface area contributed by atoms with Crippen LogP contribution in [0.5, 0.6) is 5.75 Å². The van der Waals surface area contributed by atoms with Gasteiger partial charge in [0.1, 0.15) is 5.75 Å². The number of carbonyl (C=O) groups excluding carboxylic acids is 2. The number of rotatable bonds is 5. The first-order chi connectivity index (χ1) is 17.1. The fourth-order valence-corrected chi connectivity index (χ4v) is 4.73. The third kappa shape index (κ3) is 5.07. The summed E-state index contributed by atoms with van der Waals surface area (Å²) < 4.78 is 31.4. The Morgan fingerprint density at radius 3 is 2.30 bits per heavy atom. The fourth-order valence-electron chi connectivity index (χ4n) is 4.17. The van der Waals surface area contributed by atoms with Gasteiger partial charge < -0.3 is 9.94 Å². The first kappa shape index (κ1) is 26.3. The van der Waals surface area contributed by atoms with Gasteiger partial charge in [0.15, 0.2) is 0 Å². The third-order valence-corrected chi connectivity index (χ3v) is 6.56. The number of urea groups is 1. The van der Waals surface area contributed by atoms with E-state index in [0.29, 0.717) is 17.0 Å². The van der Waals surface area contributed by atoms with Crippen LogP contribution >= 0.6 is 0 Å². The number of amides is 3. The number of hydrogen-bond acceptors (Lipinski definition) is 7. The lowest BCUT2D eigenvalue weighted by atomic mass is 9.83. The third-order valence-electron chi connectivity index (χ3n) is 5.95. The Morgan fingerprint density at radius 1 is 1.03 bits per heavy atom. The number of nitrogens with zero attached hydrogens (tertiary/aromatic N) is 2. The van der Waals surface area contributed by atoms with Crippen LogP contribution in [0.2, 0.25) is 0 Å². The Balaban J connectivity index is 1.91. The minimum Gasteiger partial charge on any atom is -0.582 e. The van der Waals surface area contributed by atoms with E-state index in [-0.39, 0.29) is 5.69 Å². The molecule has 37 heavy (non-hydrogen) atoms. The van der Waals surface area contributed by atoms with Crippen LogP contribution in [0.25, 0.3) is 21.9 Å². The van der Waals surface area contributed by atoms with E-state index in [2.05, 4.69) is 4.72 Å². The van der Waals surface area contributed by atoms with Crippen molar-refractivity contribution in [2.75, 3.05) is 23.0 Å². The van der Waals surface area contributed by atoms with Crippen LogP contribution in [-0.2, 0) is 20.2 Å². The van der Waals surface area contributed by atoms with E-state index in [9.17, 15) is 28.4 Å². The summed E-state index contributed by atoms with van der Waals surface area (Å²) in [5.74, 6) is -0.729. The van der Waals surface area contributed by atoms with E-state index < -0.39 is 32.2 Å². The average Bonchev–Trinajstić information content (AvgIpc) is 2.80. The van der Waals surface area contributed by atoms with Crippen molar-refractivity contribution in [3.05, 3.63) is 71.6 Å². The Bertz CT molecular complexity index is 1570. The van der Waals surface area contributed by atoms with Crippen molar-refractivity contribution < 1.29 is 32.8 Å². The van der Waals surface area contributed by atoms with Crippen LogP contribution in [0.4, 0.5) is 16.2 Å². The number of benzene rings is 3. The predicted octanol–water partition coefficient (Wildman–Crippen LogP) is 4.87. The van der Waals surface area contributed by atoms with Gasteiger partial charge in [-0.2, -0.15) is 5.21 Å². The monoisotopic (exact) mass is 525 g/mol. The topological polar surface area (TPSA) is 136 Å². The van der Waals surface area contributed by atoms with Crippen LogP contribution in [-0.4, -0.2) is 43.7 Å². The molecule has 0 aromatic heterocycles. The molecule has 2 N–H and O–H groups in total. The van der Waals surface area contributed by atoms with Crippen molar-refractivity contribution in [1.29, 1.82) is 0 Å². The number of methoxy groups -OCH3 is 1. The molecule has 1 heterocycles. The number of anilines is 2. The van der Waals surface area contributed by atoms with Crippen molar-refractivity contribution in [2.24, 2.45) is 0 Å². The van der Waals surface area contributed by atoms with Crippen molar-refractivity contribution in [2.45, 2.75) is 26.2 Å². The highest BCUT2D eigenvalue weighted by Gasteiger charge is 2.42. The SMILES string of the molecule is COc1c(-c2ccc3cc(NS(C)(=O)=O)ccc3c2)cc(N2C=CC(=O)[N+]([O-])(O)C2=O)cc1C(C)(C)C. The molecular formula is C26H27N3O7S. The molecule has 0 fully saturated rings. The van der Waals surface area contributed by atoms with E-state index in [1.807, 2.05) is 39.0 Å². The van der Waals surface area contributed by atoms with Gasteiger partial charge in [-0.1, -0.05) is 43.8 Å². The van der Waals surface area contributed by atoms with Crippen LogP contribution < -0.4 is 14.4 Å². The molecule has 4 rings (SSSR count). The molecule has 1 aliphatic rings. The molecule has 0 saturated heterocycles. The molecule has 3 aromatic rings. The second kappa shape index (κ2) is 8.96. The van der Waals surface area contributed by atoms with Gasteiger partial charge in [-0.3, -0.25) is 4.72 Å². The number of quaternary nitrogens is 1. The zero-order valence-electron chi connectivity index (χ0n) is 21.0. The molecule has 1 atom stereocenters. The van der Waals surface area contributed by atoms with Gasteiger partial charge in [-0.25, -0.2) is 22.9 Å². The van der Waals surface area contributed by atoms with Crippen molar-refractivity contribution in [3.8, 4) is 16.9 Å². The van der Waals surface area contributed by atoms with Gasteiger partial charge in [-0.15, -0.1) is 0 Å². The predicted molar refractivity (Wildman–Crippen MR) is 141 cm³/mol. The van der Waals surface area contributed by atoms with Crippen LogP contribution in [0.1, 0.15) is 26.3 Å². The minimum atomic E-state index is -3.42. The van der Waals surface area contributed by atoms with E-state index in [4.69, 9.17) is 4.74 Å². The number of hydroxylamine groups is 4. The maximum absolute atomic E-state index is 12.7. The first-order valence-electron chi connectivity index (χ1n) is 11.3. The highest BCUT2D eigenvalue weighted by Crippen LogP contribution is 2.43. The van der Waals surface area contributed by atoms with E-state index in [1.54, 1.807) is 30.3 Å². The number of sulfonamides is 1. The van der Waals surface area contributed by atoms with Gasteiger partial charge in [-0.05, 0) is 52.1 Å². The molecule has 0 aliphatic carbocycles. The maximum atomic E-state index is 12.7. The second-order valence-corrected chi connectivity index (χ2v) is 11.6. The first-order valence-corrected chi connectivity index (χ1v) is 13.1. The molecular weight excluding hydrogens is 498 g/mol. The summed E-state index contributed by atoms with van der Waals surface area (Å²) in [7, 11) is -1.89. The summed E-state index contributed by atoms with van der Waals surface area (Å²) in [6.07, 6.45) is 3.09. The van der Waals surface area contributed by atoms with Gasteiger partial charge in [0.05, 0.1) is 25.1 Å². The summed E-state index contributed by atoms with van der Waals surface area (Å²) in [5.41, 5.74) is 2.35. The Kier molecular flexibility index (Phi) is 6.37. The Labute approximate surface area is 214 Å². The van der Waals surface area contributed by atoms with Gasteiger partial charge in [0.2, 0.25) is 10.0 Å². The number of carbonyl (C=O) groups is 2. The number of nitrogens with one attached hydrogen (secondary N) is 1. The standard InChI is InChI=1S/C26H27N3O7S/c1-26(2,3)22-15-20(28-11-10-23(30)29(32,33)25(28)31)14-21(24(22)36-4)18-7-6-17-13-19(27-37(5,34)35)9-8-16(17)12-18/h6-15,27,32H,1-5H3. The van der Waals surface area contributed by atoms with Gasteiger partial charge in [0, 0.05) is 23.0 Å². The molecule has 0 radical (unpaired) electrons. The molecule has 0 saturated carbocycles.